The maximum absolute atomic E-state index is 13.9. The molecule has 3 N–H and O–H groups in total. The van der Waals surface area contributed by atoms with E-state index in [2.05, 4.69) is 17.1 Å². The number of unbranched alkanes of at least 4 members (excludes halogenated alkanes) is 1. The molecule has 0 unspecified atom stereocenters. The summed E-state index contributed by atoms with van der Waals surface area (Å²) in [6, 6.07) is 13.2. The highest BCUT2D eigenvalue weighted by Gasteiger charge is 2.55. The molecule has 5 rings (SSSR count). The van der Waals surface area contributed by atoms with Gasteiger partial charge in [-0.3, -0.25) is 14.5 Å². The van der Waals surface area contributed by atoms with Crippen LogP contribution in [0, 0.1) is 5.92 Å². The van der Waals surface area contributed by atoms with E-state index in [1.807, 2.05) is 24.3 Å². The maximum atomic E-state index is 13.9. The molecule has 0 aromatic heterocycles. The van der Waals surface area contributed by atoms with Gasteiger partial charge < -0.3 is 29.9 Å². The fourth-order valence-electron chi connectivity index (χ4n) is 6.95. The fraction of sp³-hybridized carbons (Fsp3) is 0.559. The molecule has 0 radical (unpaired) electrons. The number of carboxylic acids is 1. The number of nitrogens with zero attached hydrogens (tertiary/aromatic N) is 2. The van der Waals surface area contributed by atoms with Crippen LogP contribution in [0.1, 0.15) is 74.2 Å². The summed E-state index contributed by atoms with van der Waals surface area (Å²) in [6.45, 7) is 4.65. The number of amides is 2. The van der Waals surface area contributed by atoms with Crippen molar-refractivity contribution in [2.24, 2.45) is 5.92 Å². The van der Waals surface area contributed by atoms with E-state index in [0.717, 1.165) is 44.1 Å². The number of rotatable bonds is 11. The van der Waals surface area contributed by atoms with Gasteiger partial charge in [0.25, 0.3) is 0 Å². The van der Waals surface area contributed by atoms with E-state index in [1.54, 1.807) is 24.1 Å². The number of aliphatic hydroxyl groups is 1. The van der Waals surface area contributed by atoms with Crippen molar-refractivity contribution in [1.82, 2.24) is 15.1 Å². The van der Waals surface area contributed by atoms with Gasteiger partial charge in [0.05, 0.1) is 17.8 Å². The van der Waals surface area contributed by atoms with E-state index in [9.17, 15) is 19.5 Å². The Bertz CT molecular complexity index is 1290. The number of likely N-dealkylation sites (tertiary alicyclic amines) is 1. The van der Waals surface area contributed by atoms with Crippen LogP contribution < -0.4 is 10.1 Å². The molecular formula is C34H46ClN3O7. The zero-order chi connectivity index (χ0) is 31.3. The summed E-state index contributed by atoms with van der Waals surface area (Å²) in [4.78, 5) is 42.9. The minimum atomic E-state index is -0.979. The normalized spacial score (nSPS) is 24.1. The molecule has 1 aliphatic carbocycles. The van der Waals surface area contributed by atoms with Crippen LogP contribution in [0.2, 0.25) is 0 Å². The molecule has 10 nitrogen and oxygen atoms in total. The van der Waals surface area contributed by atoms with Crippen molar-refractivity contribution in [3.05, 3.63) is 59.7 Å². The van der Waals surface area contributed by atoms with E-state index >= 15 is 0 Å². The number of piperidine rings is 1. The average Bonchev–Trinajstić information content (AvgIpc) is 3.04. The van der Waals surface area contributed by atoms with Crippen molar-refractivity contribution >= 4 is 30.2 Å². The molecule has 2 aromatic carbocycles. The number of carbonyl (C=O) groups excluding carboxylic acids is 2. The number of hydrogen-bond donors (Lipinski definition) is 3. The molecule has 1 spiro atoms. The van der Waals surface area contributed by atoms with Gasteiger partial charge >= 0.3 is 5.97 Å². The van der Waals surface area contributed by atoms with Crippen LogP contribution in [0.3, 0.4) is 0 Å². The number of hydrogen-bond acceptors (Lipinski definition) is 7. The van der Waals surface area contributed by atoms with E-state index in [-0.39, 0.29) is 41.8 Å². The van der Waals surface area contributed by atoms with Crippen LogP contribution in [0.4, 0.5) is 0 Å². The lowest BCUT2D eigenvalue weighted by Gasteiger charge is -2.52. The molecule has 2 heterocycles. The van der Waals surface area contributed by atoms with Crippen molar-refractivity contribution in [3.8, 4) is 11.5 Å². The monoisotopic (exact) mass is 643 g/mol. The molecule has 0 bridgehead atoms. The molecule has 2 atom stereocenters. The third kappa shape index (κ3) is 7.80. The minimum absolute atomic E-state index is 0. The Labute approximate surface area is 271 Å². The molecule has 3 fully saturated rings. The highest BCUT2D eigenvalue weighted by Crippen LogP contribution is 2.37. The van der Waals surface area contributed by atoms with E-state index in [1.165, 1.54) is 12.1 Å². The third-order valence-corrected chi connectivity index (χ3v) is 9.72. The van der Waals surface area contributed by atoms with Gasteiger partial charge in [-0.15, -0.1) is 12.4 Å². The summed E-state index contributed by atoms with van der Waals surface area (Å²) in [6.07, 6.45) is 5.37. The van der Waals surface area contributed by atoms with Gasteiger partial charge in [-0.05, 0) is 92.8 Å². The minimum Gasteiger partial charge on any atom is -0.478 e. The summed E-state index contributed by atoms with van der Waals surface area (Å²) >= 11 is 0. The Balaban J connectivity index is 0.00000461. The second kappa shape index (κ2) is 15.4. The van der Waals surface area contributed by atoms with Gasteiger partial charge in [0.15, 0.2) is 0 Å². The molecule has 11 heteroatoms. The number of carbonyl (C=O) groups is 3. The quantitative estimate of drug-likeness (QED) is 0.324. The average molecular weight is 644 g/mol. The highest BCUT2D eigenvalue weighted by molar-refractivity contribution is 6.00. The second-order valence-electron chi connectivity index (χ2n) is 12.4. The number of benzene rings is 2. The topological polar surface area (TPSA) is 129 Å². The number of carboxylic acid groups (broad SMARTS) is 1. The van der Waals surface area contributed by atoms with Crippen LogP contribution >= 0.6 is 12.4 Å². The van der Waals surface area contributed by atoms with Gasteiger partial charge in [0.2, 0.25) is 11.8 Å². The van der Waals surface area contributed by atoms with Gasteiger partial charge in [0, 0.05) is 33.3 Å². The molecule has 1 saturated carbocycles. The molecule has 2 aliphatic heterocycles. The number of halogens is 1. The highest BCUT2D eigenvalue weighted by atomic mass is 35.5. The molecule has 2 amide bonds. The Morgan fingerprint density at radius 3 is 2.16 bits per heavy atom. The van der Waals surface area contributed by atoms with Crippen molar-refractivity contribution in [2.75, 3.05) is 26.7 Å². The molecule has 2 saturated heterocycles. The van der Waals surface area contributed by atoms with Crippen molar-refractivity contribution in [1.29, 1.82) is 0 Å². The van der Waals surface area contributed by atoms with Gasteiger partial charge in [0.1, 0.15) is 23.1 Å². The zero-order valence-electron chi connectivity index (χ0n) is 26.2. The standard InChI is InChI=1S/C34H45N3O7.ClH/c1-3-4-19-37-31(39)29(30(38)24-7-13-26(43-2)14-8-24)35-33(42)34(37)17-20-36(21-18-34)22-23-5-11-27(12-6-23)44-28-15-9-25(10-16-28)32(40)41;/h5-6,9-12,15-16,24,26,29-30,38H,3-4,7-8,13-14,17-22H2,1-2H3,(H,35,42)(H,40,41);1H/t24?,26?,29-,30-;/m1./s1. The molecule has 2 aromatic rings. The lowest BCUT2D eigenvalue weighted by molar-refractivity contribution is -0.166. The first-order valence-corrected chi connectivity index (χ1v) is 15.9. The van der Waals surface area contributed by atoms with Gasteiger partial charge in [-0.2, -0.15) is 0 Å². The lowest BCUT2D eigenvalue weighted by Crippen LogP contribution is -2.75. The molecule has 246 valence electrons. The summed E-state index contributed by atoms with van der Waals surface area (Å²) in [7, 11) is 1.71. The Kier molecular flexibility index (Phi) is 11.9. The maximum Gasteiger partial charge on any atom is 0.335 e. The first kappa shape index (κ1) is 34.7. The number of aliphatic hydroxyl groups excluding tert-OH is 1. The van der Waals surface area contributed by atoms with E-state index in [0.29, 0.717) is 50.5 Å². The predicted octanol–water partition coefficient (Wildman–Crippen LogP) is 4.63. The van der Waals surface area contributed by atoms with Gasteiger partial charge in [-0.25, -0.2) is 4.79 Å². The summed E-state index contributed by atoms with van der Waals surface area (Å²) < 4.78 is 11.3. The van der Waals surface area contributed by atoms with Crippen LogP contribution in [-0.2, 0) is 20.9 Å². The van der Waals surface area contributed by atoms with Crippen LogP contribution in [0.5, 0.6) is 11.5 Å². The van der Waals surface area contributed by atoms with Crippen LogP contribution in [-0.4, -0.2) is 88.3 Å². The first-order valence-electron chi connectivity index (χ1n) is 15.9. The van der Waals surface area contributed by atoms with Crippen LogP contribution in [0.15, 0.2) is 48.5 Å². The molecule has 3 aliphatic rings. The van der Waals surface area contributed by atoms with Crippen LogP contribution in [0.25, 0.3) is 0 Å². The Hall–Kier alpha value is -3.18. The lowest BCUT2D eigenvalue weighted by atomic mass is 9.77. The zero-order valence-corrected chi connectivity index (χ0v) is 27.0. The summed E-state index contributed by atoms with van der Waals surface area (Å²) in [5.41, 5.74) is 0.422. The number of ether oxygens (including phenoxy) is 2. The first-order chi connectivity index (χ1) is 21.2. The van der Waals surface area contributed by atoms with Crippen molar-refractivity contribution < 1.29 is 34.1 Å². The van der Waals surface area contributed by atoms with Gasteiger partial charge in [-0.1, -0.05) is 25.5 Å². The fourth-order valence-corrected chi connectivity index (χ4v) is 6.95. The third-order valence-electron chi connectivity index (χ3n) is 9.72. The van der Waals surface area contributed by atoms with E-state index < -0.39 is 23.7 Å². The van der Waals surface area contributed by atoms with Crippen molar-refractivity contribution in [2.45, 2.75) is 88.6 Å². The SMILES string of the molecule is CCCCN1C(=O)[C@@H]([C@H](O)C2CCC(OC)CC2)NC(=O)C12CCN(Cc1ccc(Oc3ccc(C(=O)O)cc3)cc1)CC2.Cl. The number of piperazine rings is 1. The Morgan fingerprint density at radius 2 is 1.60 bits per heavy atom. The van der Waals surface area contributed by atoms with E-state index in [4.69, 9.17) is 14.6 Å². The van der Waals surface area contributed by atoms with Crippen molar-refractivity contribution in [3.63, 3.8) is 0 Å². The predicted molar refractivity (Wildman–Crippen MR) is 172 cm³/mol. The molecular weight excluding hydrogens is 598 g/mol. The summed E-state index contributed by atoms with van der Waals surface area (Å²) in [5, 5.41) is 23.3. The smallest absolute Gasteiger partial charge is 0.335 e. The number of aromatic carboxylic acids is 1. The largest absolute Gasteiger partial charge is 0.478 e. The molecule has 45 heavy (non-hydrogen) atoms. The number of methoxy groups -OCH3 is 1. The second-order valence-corrected chi connectivity index (χ2v) is 12.4. The Morgan fingerprint density at radius 1 is 1.00 bits per heavy atom. The number of nitrogens with one attached hydrogen (secondary N) is 1. The summed E-state index contributed by atoms with van der Waals surface area (Å²) in [5.74, 6) is -0.0877.